The number of nitrogens with one attached hydrogen (secondary N) is 1. The molecule has 2 aromatic heterocycles. The lowest BCUT2D eigenvalue weighted by Gasteiger charge is -2.22. The number of aromatic nitrogens is 4. The van der Waals surface area contributed by atoms with Crippen molar-refractivity contribution in [2.75, 3.05) is 24.3 Å². The Balaban J connectivity index is 1.62. The average Bonchev–Trinajstić information content (AvgIpc) is 3.16. The van der Waals surface area contributed by atoms with Gasteiger partial charge >= 0.3 is 0 Å². The van der Waals surface area contributed by atoms with Crippen LogP contribution in [-0.2, 0) is 16.9 Å². The number of anilines is 1. The summed E-state index contributed by atoms with van der Waals surface area (Å²) in [5.74, 6) is 2.69. The molecule has 0 radical (unpaired) electrons. The molecular formula is C14H17N5O2S2. The van der Waals surface area contributed by atoms with Crippen molar-refractivity contribution < 1.29 is 4.74 Å². The van der Waals surface area contributed by atoms with Crippen LogP contribution in [-0.4, -0.2) is 44.1 Å². The summed E-state index contributed by atoms with van der Waals surface area (Å²) in [5, 5.41) is 8.72. The summed E-state index contributed by atoms with van der Waals surface area (Å²) in [6.07, 6.45) is 0.918. The number of aryl methyl sites for hydroxylation is 2. The van der Waals surface area contributed by atoms with Crippen LogP contribution in [0.1, 0.15) is 23.1 Å². The maximum Gasteiger partial charge on any atom is 0.267 e. The van der Waals surface area contributed by atoms with Crippen LogP contribution in [0, 0.1) is 6.92 Å². The summed E-state index contributed by atoms with van der Waals surface area (Å²) in [4.78, 5) is 16.8. The molecule has 0 amide bonds. The molecule has 0 aliphatic carbocycles. The molecule has 0 saturated carbocycles. The van der Waals surface area contributed by atoms with Gasteiger partial charge in [0, 0.05) is 29.8 Å². The lowest BCUT2D eigenvalue weighted by Crippen LogP contribution is -2.38. The minimum absolute atomic E-state index is 0.0245. The first-order valence-electron chi connectivity index (χ1n) is 7.54. The predicted octanol–water partition coefficient (Wildman–Crippen LogP) is 1.24. The second kappa shape index (κ2) is 6.21. The van der Waals surface area contributed by atoms with Crippen LogP contribution in [0.3, 0.4) is 0 Å². The van der Waals surface area contributed by atoms with E-state index in [9.17, 15) is 4.79 Å². The second-order valence-electron chi connectivity index (χ2n) is 5.70. The maximum absolute atomic E-state index is 12.5. The van der Waals surface area contributed by atoms with Gasteiger partial charge in [-0.15, -0.1) is 0 Å². The van der Waals surface area contributed by atoms with E-state index in [1.165, 1.54) is 11.5 Å². The molecule has 1 N–H and O–H groups in total. The summed E-state index contributed by atoms with van der Waals surface area (Å²) in [6, 6.07) is 1.59. The number of thioether (sulfide) groups is 1. The van der Waals surface area contributed by atoms with Crippen LogP contribution in [0.15, 0.2) is 10.9 Å². The third kappa shape index (κ3) is 3.00. The van der Waals surface area contributed by atoms with E-state index >= 15 is 0 Å². The molecule has 4 rings (SSSR count). The van der Waals surface area contributed by atoms with E-state index in [0.29, 0.717) is 13.2 Å². The van der Waals surface area contributed by atoms with Gasteiger partial charge in [0.1, 0.15) is 11.9 Å². The van der Waals surface area contributed by atoms with Crippen molar-refractivity contribution in [1.29, 1.82) is 0 Å². The number of fused-ring (bicyclic) bond motifs is 1. The van der Waals surface area contributed by atoms with E-state index in [2.05, 4.69) is 19.8 Å². The molecule has 2 aliphatic rings. The fourth-order valence-electron chi connectivity index (χ4n) is 2.90. The third-order valence-electron chi connectivity index (χ3n) is 4.06. The minimum atomic E-state index is -0.119. The molecule has 0 bridgehead atoms. The van der Waals surface area contributed by atoms with E-state index in [4.69, 9.17) is 4.74 Å². The highest BCUT2D eigenvalue weighted by molar-refractivity contribution is 7.98. The van der Waals surface area contributed by atoms with Crippen molar-refractivity contribution in [2.24, 2.45) is 0 Å². The quantitative estimate of drug-likeness (QED) is 0.891. The third-order valence-corrected chi connectivity index (χ3v) is 5.81. The average molecular weight is 351 g/mol. The Labute approximate surface area is 141 Å². The molecule has 2 aliphatic heterocycles. The van der Waals surface area contributed by atoms with Gasteiger partial charge in [0.05, 0.1) is 24.9 Å². The zero-order chi connectivity index (χ0) is 15.8. The van der Waals surface area contributed by atoms with Gasteiger partial charge in [-0.3, -0.25) is 4.79 Å². The van der Waals surface area contributed by atoms with Gasteiger partial charge in [0.2, 0.25) is 5.13 Å². The van der Waals surface area contributed by atoms with Gasteiger partial charge in [-0.05, 0) is 18.2 Å². The summed E-state index contributed by atoms with van der Waals surface area (Å²) < 4.78 is 11.4. The number of hydrogen-bond acceptors (Lipinski definition) is 8. The van der Waals surface area contributed by atoms with E-state index in [1.54, 1.807) is 10.7 Å². The minimum Gasteiger partial charge on any atom is -0.377 e. The lowest BCUT2D eigenvalue weighted by molar-refractivity contribution is 0.182. The highest BCUT2D eigenvalue weighted by Crippen LogP contribution is 2.25. The topological polar surface area (TPSA) is 81.9 Å². The zero-order valence-corrected chi connectivity index (χ0v) is 14.3. The van der Waals surface area contributed by atoms with E-state index in [-0.39, 0.29) is 17.6 Å². The highest BCUT2D eigenvalue weighted by atomic mass is 32.2. The predicted molar refractivity (Wildman–Crippen MR) is 90.3 cm³/mol. The normalized spacial score (nSPS) is 23.7. The van der Waals surface area contributed by atoms with E-state index in [1.807, 2.05) is 18.7 Å². The van der Waals surface area contributed by atoms with Gasteiger partial charge in [-0.1, -0.05) is 0 Å². The molecule has 4 heterocycles. The lowest BCUT2D eigenvalue weighted by atomic mass is 10.1. The Hall–Kier alpha value is -1.45. The van der Waals surface area contributed by atoms with Crippen LogP contribution in [0.5, 0.6) is 0 Å². The summed E-state index contributed by atoms with van der Waals surface area (Å²) in [7, 11) is 0. The van der Waals surface area contributed by atoms with E-state index in [0.717, 1.165) is 40.1 Å². The number of hydrogen-bond donors (Lipinski definition) is 1. The Morgan fingerprint density at radius 3 is 3.17 bits per heavy atom. The monoisotopic (exact) mass is 351 g/mol. The molecule has 122 valence electrons. The molecule has 1 fully saturated rings. The molecule has 0 spiro atoms. The van der Waals surface area contributed by atoms with Crippen LogP contribution in [0.25, 0.3) is 0 Å². The second-order valence-corrected chi connectivity index (χ2v) is 7.56. The van der Waals surface area contributed by atoms with Crippen LogP contribution in [0.2, 0.25) is 0 Å². The number of nitrogens with zero attached hydrogens (tertiary/aromatic N) is 4. The van der Waals surface area contributed by atoms with Crippen molar-refractivity contribution >= 4 is 28.4 Å². The molecule has 2 unspecified atom stereocenters. The first-order chi connectivity index (χ1) is 11.2. The zero-order valence-electron chi connectivity index (χ0n) is 12.7. The molecule has 7 nitrogen and oxygen atoms in total. The molecule has 2 aromatic rings. The van der Waals surface area contributed by atoms with Gasteiger partial charge in [-0.2, -0.15) is 21.2 Å². The Kier molecular flexibility index (Phi) is 4.08. The first-order valence-corrected chi connectivity index (χ1v) is 9.47. The van der Waals surface area contributed by atoms with Crippen LogP contribution >= 0.6 is 23.3 Å². The van der Waals surface area contributed by atoms with Crippen molar-refractivity contribution in [2.45, 2.75) is 31.2 Å². The van der Waals surface area contributed by atoms with E-state index < -0.39 is 0 Å². The maximum atomic E-state index is 12.5. The summed E-state index contributed by atoms with van der Waals surface area (Å²) in [5.41, 5.74) is 2.06. The Morgan fingerprint density at radius 2 is 2.35 bits per heavy atom. The van der Waals surface area contributed by atoms with Crippen LogP contribution in [0.4, 0.5) is 5.13 Å². The molecule has 2 atom stereocenters. The Morgan fingerprint density at radius 1 is 1.43 bits per heavy atom. The molecule has 9 heteroatoms. The van der Waals surface area contributed by atoms with Gasteiger partial charge < -0.3 is 10.1 Å². The largest absolute Gasteiger partial charge is 0.377 e. The Bertz CT molecular complexity index is 775. The van der Waals surface area contributed by atoms with Crippen molar-refractivity contribution in [1.82, 2.24) is 19.1 Å². The molecule has 23 heavy (non-hydrogen) atoms. The summed E-state index contributed by atoms with van der Waals surface area (Å²) >= 11 is 3.17. The first kappa shape index (κ1) is 15.1. The molecule has 0 aromatic carbocycles. The molecular weight excluding hydrogens is 334 g/mol. The van der Waals surface area contributed by atoms with Gasteiger partial charge in [0.25, 0.3) is 5.56 Å². The van der Waals surface area contributed by atoms with Gasteiger partial charge in [0.15, 0.2) is 0 Å². The number of ether oxygens (including phenoxy) is 1. The number of rotatable bonds is 3. The standard InChI is InChI=1S/C14H17N5O2S2/c1-8-15-14(23-18-8)16-11-5-21-6-12(11)19-13(20)4-9-7-22-3-2-10(9)17-19/h4,11-12H,2-3,5-7H2,1H3,(H,15,16,18). The fraction of sp³-hybridized carbons (Fsp3) is 0.571. The summed E-state index contributed by atoms with van der Waals surface area (Å²) in [6.45, 7) is 2.87. The fourth-order valence-corrected chi connectivity index (χ4v) is 4.49. The van der Waals surface area contributed by atoms with Crippen LogP contribution < -0.4 is 10.9 Å². The smallest absolute Gasteiger partial charge is 0.267 e. The van der Waals surface area contributed by atoms with Crippen molar-refractivity contribution in [3.05, 3.63) is 33.5 Å². The van der Waals surface area contributed by atoms with Gasteiger partial charge in [-0.25, -0.2) is 9.67 Å². The van der Waals surface area contributed by atoms with Crippen molar-refractivity contribution in [3.8, 4) is 0 Å². The molecule has 1 saturated heterocycles. The highest BCUT2D eigenvalue weighted by Gasteiger charge is 2.32. The SMILES string of the molecule is Cc1nsc(NC2COCC2n2nc3c(cc2=O)CSCC3)n1. The van der Waals surface area contributed by atoms with Crippen molar-refractivity contribution in [3.63, 3.8) is 0 Å².